The molecule has 1 saturated heterocycles. The van der Waals surface area contributed by atoms with Crippen molar-refractivity contribution in [2.45, 2.75) is 0 Å². The van der Waals surface area contributed by atoms with Crippen molar-refractivity contribution in [3.63, 3.8) is 0 Å². The lowest BCUT2D eigenvalue weighted by Crippen LogP contribution is -2.43. The van der Waals surface area contributed by atoms with Crippen molar-refractivity contribution in [2.75, 3.05) is 50.4 Å². The van der Waals surface area contributed by atoms with Crippen LogP contribution in [0.3, 0.4) is 0 Å². The third-order valence-electron chi connectivity index (χ3n) is 2.90. The summed E-state index contributed by atoms with van der Waals surface area (Å²) in [6.07, 6.45) is 5.20. The third kappa shape index (κ3) is 2.97. The zero-order chi connectivity index (χ0) is 13.8. The van der Waals surface area contributed by atoms with Gasteiger partial charge in [-0.15, -0.1) is 6.42 Å². The first-order valence-corrected chi connectivity index (χ1v) is 6.86. The van der Waals surface area contributed by atoms with Crippen molar-refractivity contribution < 1.29 is 4.79 Å². The summed E-state index contributed by atoms with van der Waals surface area (Å²) in [5.41, 5.74) is 5.84. The average Bonchev–Trinajstić information content (AvgIpc) is 2.81. The predicted molar refractivity (Wildman–Crippen MR) is 77.4 cm³/mol. The maximum atomic E-state index is 12.1. The van der Waals surface area contributed by atoms with Crippen LogP contribution in [0.25, 0.3) is 0 Å². The summed E-state index contributed by atoms with van der Waals surface area (Å²) < 4.78 is 0. The quantitative estimate of drug-likeness (QED) is 0.752. The van der Waals surface area contributed by atoms with Gasteiger partial charge in [0.25, 0.3) is 5.91 Å². The number of aromatic nitrogens is 1. The molecular formula is C12H17N5OS. The fourth-order valence-electron chi connectivity index (χ4n) is 1.85. The van der Waals surface area contributed by atoms with E-state index in [1.807, 2.05) is 0 Å². The summed E-state index contributed by atoms with van der Waals surface area (Å²) >= 11 is 1.33. The van der Waals surface area contributed by atoms with Crippen molar-refractivity contribution in [1.82, 2.24) is 15.2 Å². The van der Waals surface area contributed by atoms with E-state index in [1.54, 1.807) is 7.05 Å². The van der Waals surface area contributed by atoms with Gasteiger partial charge in [-0.1, -0.05) is 17.3 Å². The number of nitrogen functional groups attached to an aromatic ring is 1. The van der Waals surface area contributed by atoms with E-state index in [0.29, 0.717) is 4.88 Å². The smallest absolute Gasteiger partial charge is 0.268 e. The summed E-state index contributed by atoms with van der Waals surface area (Å²) in [6, 6.07) is 0. The molecule has 2 heterocycles. The van der Waals surface area contributed by atoms with Crippen LogP contribution in [0, 0.1) is 12.3 Å². The van der Waals surface area contributed by atoms with Crippen LogP contribution in [0.5, 0.6) is 0 Å². The fraction of sp³-hybridized carbons (Fsp3) is 0.500. The zero-order valence-electron chi connectivity index (χ0n) is 10.8. The van der Waals surface area contributed by atoms with Gasteiger partial charge in [0, 0.05) is 33.2 Å². The number of amides is 1. The third-order valence-corrected chi connectivity index (χ3v) is 4.02. The number of hydrogen-bond donors (Lipinski definition) is 2. The molecule has 3 N–H and O–H groups in total. The number of piperazine rings is 1. The van der Waals surface area contributed by atoms with Gasteiger partial charge in [0.1, 0.15) is 10.7 Å². The molecule has 1 aromatic rings. The molecule has 0 aromatic carbocycles. The van der Waals surface area contributed by atoms with Crippen molar-refractivity contribution in [1.29, 1.82) is 0 Å². The predicted octanol–water partition coefficient (Wildman–Crippen LogP) is -0.160. The van der Waals surface area contributed by atoms with E-state index in [1.165, 1.54) is 16.2 Å². The molecule has 0 aliphatic carbocycles. The maximum absolute atomic E-state index is 12.1. The SMILES string of the molecule is C#CCN(C)C(=O)c1sc(N2CCNCC2)nc1N. The van der Waals surface area contributed by atoms with Gasteiger partial charge in [0.05, 0.1) is 6.54 Å². The summed E-state index contributed by atoms with van der Waals surface area (Å²) in [6.45, 7) is 3.85. The molecule has 6 nitrogen and oxygen atoms in total. The van der Waals surface area contributed by atoms with Crippen LogP contribution in [-0.4, -0.2) is 55.6 Å². The number of rotatable bonds is 3. The molecule has 0 bridgehead atoms. The Kier molecular flexibility index (Phi) is 4.24. The van der Waals surface area contributed by atoms with Gasteiger partial charge in [-0.2, -0.15) is 0 Å². The molecule has 2 rings (SSSR count). The molecule has 1 aliphatic rings. The minimum Gasteiger partial charge on any atom is -0.382 e. The second-order valence-electron chi connectivity index (χ2n) is 4.31. The van der Waals surface area contributed by atoms with Gasteiger partial charge in [-0.25, -0.2) is 4.98 Å². The fourth-order valence-corrected chi connectivity index (χ4v) is 2.88. The Balaban J connectivity index is 2.16. The first-order valence-electron chi connectivity index (χ1n) is 6.04. The van der Waals surface area contributed by atoms with E-state index in [2.05, 4.69) is 21.1 Å². The summed E-state index contributed by atoms with van der Waals surface area (Å²) in [5.74, 6) is 2.55. The van der Waals surface area contributed by atoms with Crippen molar-refractivity contribution in [3.05, 3.63) is 4.88 Å². The molecule has 7 heteroatoms. The maximum Gasteiger partial charge on any atom is 0.268 e. The Morgan fingerprint density at radius 1 is 1.63 bits per heavy atom. The first kappa shape index (κ1) is 13.6. The molecule has 0 atom stereocenters. The molecule has 1 amide bonds. The highest BCUT2D eigenvalue weighted by molar-refractivity contribution is 7.18. The van der Waals surface area contributed by atoms with Crippen LogP contribution in [-0.2, 0) is 0 Å². The van der Waals surface area contributed by atoms with Crippen molar-refractivity contribution in [2.24, 2.45) is 0 Å². The number of carbonyl (C=O) groups is 1. The first-order chi connectivity index (χ1) is 9.13. The van der Waals surface area contributed by atoms with Gasteiger partial charge < -0.3 is 20.9 Å². The van der Waals surface area contributed by atoms with E-state index in [0.717, 1.165) is 31.3 Å². The van der Waals surface area contributed by atoms with Crippen molar-refractivity contribution in [3.8, 4) is 12.3 Å². The molecule has 0 radical (unpaired) electrons. The molecule has 19 heavy (non-hydrogen) atoms. The molecule has 1 fully saturated rings. The monoisotopic (exact) mass is 279 g/mol. The topological polar surface area (TPSA) is 74.5 Å². The summed E-state index contributed by atoms with van der Waals surface area (Å²) in [5, 5.41) is 4.07. The standard InChI is InChI=1S/C12H17N5OS/c1-3-6-16(2)11(18)9-10(13)15-12(19-9)17-7-4-14-5-8-17/h1,14H,4-8,13H2,2H3. The van der Waals surface area contributed by atoms with Crippen LogP contribution in [0.1, 0.15) is 9.67 Å². The van der Waals surface area contributed by atoms with E-state index < -0.39 is 0 Å². The second-order valence-corrected chi connectivity index (χ2v) is 5.29. The number of nitrogens with one attached hydrogen (secondary N) is 1. The van der Waals surface area contributed by atoms with Gasteiger partial charge >= 0.3 is 0 Å². The van der Waals surface area contributed by atoms with E-state index in [4.69, 9.17) is 12.2 Å². The van der Waals surface area contributed by atoms with Gasteiger partial charge in [0.15, 0.2) is 5.13 Å². The lowest BCUT2D eigenvalue weighted by molar-refractivity contribution is 0.0818. The average molecular weight is 279 g/mol. The number of nitrogens with zero attached hydrogens (tertiary/aromatic N) is 3. The molecule has 1 aromatic heterocycles. The van der Waals surface area contributed by atoms with Crippen LogP contribution < -0.4 is 16.0 Å². The van der Waals surface area contributed by atoms with Gasteiger partial charge in [-0.05, 0) is 0 Å². The largest absolute Gasteiger partial charge is 0.382 e. The minimum absolute atomic E-state index is 0.172. The molecule has 0 spiro atoms. The molecule has 1 aliphatic heterocycles. The Morgan fingerprint density at radius 2 is 2.32 bits per heavy atom. The molecule has 0 saturated carbocycles. The number of nitrogens with two attached hydrogens (primary N) is 1. The highest BCUT2D eigenvalue weighted by atomic mass is 32.1. The molecule has 102 valence electrons. The summed E-state index contributed by atoms with van der Waals surface area (Å²) in [4.78, 5) is 20.5. The Morgan fingerprint density at radius 3 is 2.95 bits per heavy atom. The number of terminal acetylenes is 1. The second kappa shape index (κ2) is 5.91. The Labute approximate surface area is 116 Å². The number of carbonyl (C=O) groups excluding carboxylic acids is 1. The minimum atomic E-state index is -0.172. The van der Waals surface area contributed by atoms with E-state index >= 15 is 0 Å². The highest BCUT2D eigenvalue weighted by Crippen LogP contribution is 2.29. The lowest BCUT2D eigenvalue weighted by atomic mass is 10.4. The van der Waals surface area contributed by atoms with Crippen LogP contribution in [0.4, 0.5) is 10.9 Å². The number of hydrogen-bond acceptors (Lipinski definition) is 6. The Bertz CT molecular complexity index is 501. The number of anilines is 2. The summed E-state index contributed by atoms with van der Waals surface area (Å²) in [7, 11) is 1.66. The zero-order valence-corrected chi connectivity index (χ0v) is 11.7. The van der Waals surface area contributed by atoms with Crippen LogP contribution in [0.15, 0.2) is 0 Å². The van der Waals surface area contributed by atoms with E-state index in [-0.39, 0.29) is 18.3 Å². The number of thiazole rings is 1. The van der Waals surface area contributed by atoms with E-state index in [9.17, 15) is 4.79 Å². The Hall–Kier alpha value is -1.78. The molecule has 0 unspecified atom stereocenters. The van der Waals surface area contributed by atoms with Crippen molar-refractivity contribution >= 4 is 28.2 Å². The highest BCUT2D eigenvalue weighted by Gasteiger charge is 2.22. The normalized spacial score (nSPS) is 15.1. The van der Waals surface area contributed by atoms with Gasteiger partial charge in [-0.3, -0.25) is 4.79 Å². The molecular weight excluding hydrogens is 262 g/mol. The van der Waals surface area contributed by atoms with Gasteiger partial charge in [0.2, 0.25) is 0 Å². The van der Waals surface area contributed by atoms with Crippen LogP contribution in [0.2, 0.25) is 0 Å². The lowest BCUT2D eigenvalue weighted by Gasteiger charge is -2.26. The van der Waals surface area contributed by atoms with Crippen LogP contribution >= 0.6 is 11.3 Å².